The molecule has 1 N–H and O–H groups in total. The normalized spacial score (nSPS) is 21.6. The van der Waals surface area contributed by atoms with Gasteiger partial charge in [-0.3, -0.25) is 14.9 Å². The molecule has 2 rings (SSSR count). The number of carbonyl (C=O) groups is 1. The van der Waals surface area contributed by atoms with Gasteiger partial charge in [-0.25, -0.2) is 0 Å². The summed E-state index contributed by atoms with van der Waals surface area (Å²) in [4.78, 5) is 22.2. The zero-order valence-electron chi connectivity index (χ0n) is 13.2. The lowest BCUT2D eigenvalue weighted by molar-refractivity contribution is -0.384. The maximum Gasteiger partial charge on any atom is 0.293 e. The molecule has 1 aliphatic rings. The molecule has 0 aliphatic carbocycles. The van der Waals surface area contributed by atoms with Crippen LogP contribution in [-0.4, -0.2) is 29.5 Å². The monoisotopic (exact) mass is 306 g/mol. The number of benzene rings is 1. The van der Waals surface area contributed by atoms with E-state index in [0.717, 1.165) is 12.8 Å². The van der Waals surface area contributed by atoms with Crippen molar-refractivity contribution >= 4 is 17.2 Å². The van der Waals surface area contributed by atoms with Crippen molar-refractivity contribution in [2.24, 2.45) is 5.92 Å². The number of ether oxygens (including phenoxy) is 1. The van der Waals surface area contributed by atoms with Crippen molar-refractivity contribution in [1.29, 1.82) is 0 Å². The van der Waals surface area contributed by atoms with E-state index in [4.69, 9.17) is 4.74 Å². The van der Waals surface area contributed by atoms with Crippen LogP contribution in [0.1, 0.15) is 44.0 Å². The lowest BCUT2D eigenvalue weighted by Gasteiger charge is -2.32. The third kappa shape index (κ3) is 3.82. The van der Waals surface area contributed by atoms with Crippen LogP contribution in [0.25, 0.3) is 0 Å². The Kier molecular flexibility index (Phi) is 5.13. The van der Waals surface area contributed by atoms with Crippen molar-refractivity contribution in [3.63, 3.8) is 0 Å². The van der Waals surface area contributed by atoms with Gasteiger partial charge in [-0.05, 0) is 37.8 Å². The molecule has 6 nitrogen and oxygen atoms in total. The zero-order valence-corrected chi connectivity index (χ0v) is 13.2. The van der Waals surface area contributed by atoms with Gasteiger partial charge >= 0.3 is 0 Å². The second-order valence-electron chi connectivity index (χ2n) is 6.06. The van der Waals surface area contributed by atoms with Crippen molar-refractivity contribution < 1.29 is 14.5 Å². The summed E-state index contributed by atoms with van der Waals surface area (Å²) in [5, 5.41) is 14.5. The summed E-state index contributed by atoms with van der Waals surface area (Å²) in [7, 11) is 0. The number of hydrogen-bond acceptors (Lipinski definition) is 5. The van der Waals surface area contributed by atoms with E-state index in [1.807, 2.05) is 0 Å². The highest BCUT2D eigenvalue weighted by Gasteiger charge is 2.26. The van der Waals surface area contributed by atoms with E-state index >= 15 is 0 Å². The van der Waals surface area contributed by atoms with Gasteiger partial charge in [0, 0.05) is 24.3 Å². The Labute approximate surface area is 130 Å². The Morgan fingerprint density at radius 1 is 1.45 bits per heavy atom. The summed E-state index contributed by atoms with van der Waals surface area (Å²) in [5.41, 5.74) is 0.758. The van der Waals surface area contributed by atoms with Gasteiger partial charge < -0.3 is 10.1 Å². The first-order valence-electron chi connectivity index (χ1n) is 7.56. The molecule has 0 amide bonds. The van der Waals surface area contributed by atoms with Crippen LogP contribution in [0.2, 0.25) is 0 Å². The Balaban J connectivity index is 2.18. The summed E-state index contributed by atoms with van der Waals surface area (Å²) in [6.07, 6.45) is 1.81. The molecule has 1 heterocycles. The Morgan fingerprint density at radius 3 is 2.77 bits per heavy atom. The molecule has 0 spiro atoms. The van der Waals surface area contributed by atoms with Crippen LogP contribution < -0.4 is 5.32 Å². The van der Waals surface area contributed by atoms with Gasteiger partial charge in [-0.1, -0.05) is 13.8 Å². The number of nitro groups is 1. The maximum absolute atomic E-state index is 11.4. The SMILES string of the molecule is CC(=O)c1ccc(N[C@H]2CCO[C@H](C(C)C)C2)c([N+](=O)[O-])c1. The van der Waals surface area contributed by atoms with Crippen molar-refractivity contribution in [3.8, 4) is 0 Å². The molecule has 1 aromatic rings. The van der Waals surface area contributed by atoms with Crippen LogP contribution in [-0.2, 0) is 4.74 Å². The molecule has 0 saturated carbocycles. The highest BCUT2D eigenvalue weighted by atomic mass is 16.6. The second kappa shape index (κ2) is 6.87. The molecule has 0 aromatic heterocycles. The molecule has 1 saturated heterocycles. The summed E-state index contributed by atoms with van der Waals surface area (Å²) in [6, 6.07) is 4.72. The molecule has 0 bridgehead atoms. The average Bonchev–Trinajstić information content (AvgIpc) is 2.47. The van der Waals surface area contributed by atoms with E-state index in [0.29, 0.717) is 23.8 Å². The van der Waals surface area contributed by atoms with E-state index < -0.39 is 4.92 Å². The first kappa shape index (κ1) is 16.4. The van der Waals surface area contributed by atoms with Crippen molar-refractivity contribution in [2.45, 2.75) is 45.8 Å². The van der Waals surface area contributed by atoms with Gasteiger partial charge in [0.2, 0.25) is 0 Å². The van der Waals surface area contributed by atoms with Crippen molar-refractivity contribution in [3.05, 3.63) is 33.9 Å². The van der Waals surface area contributed by atoms with Crippen molar-refractivity contribution in [1.82, 2.24) is 0 Å². The molecule has 0 radical (unpaired) electrons. The number of hydrogen-bond donors (Lipinski definition) is 1. The molecule has 1 aliphatic heterocycles. The first-order valence-corrected chi connectivity index (χ1v) is 7.56. The van der Waals surface area contributed by atoms with Gasteiger partial charge in [-0.15, -0.1) is 0 Å². The number of carbonyl (C=O) groups excluding carboxylic acids is 1. The third-order valence-electron chi connectivity index (χ3n) is 4.02. The quantitative estimate of drug-likeness (QED) is 0.512. The molecular weight excluding hydrogens is 284 g/mol. The third-order valence-corrected chi connectivity index (χ3v) is 4.02. The number of rotatable bonds is 5. The van der Waals surface area contributed by atoms with Gasteiger partial charge in [0.05, 0.1) is 11.0 Å². The zero-order chi connectivity index (χ0) is 16.3. The highest BCUT2D eigenvalue weighted by molar-refractivity contribution is 5.95. The lowest BCUT2D eigenvalue weighted by Crippen LogP contribution is -2.36. The molecule has 1 fully saturated rings. The van der Waals surface area contributed by atoms with Gasteiger partial charge in [0.1, 0.15) is 5.69 Å². The maximum atomic E-state index is 11.4. The fraction of sp³-hybridized carbons (Fsp3) is 0.562. The van der Waals surface area contributed by atoms with Crippen LogP contribution >= 0.6 is 0 Å². The van der Waals surface area contributed by atoms with E-state index in [-0.39, 0.29) is 23.6 Å². The van der Waals surface area contributed by atoms with Crippen molar-refractivity contribution in [2.75, 3.05) is 11.9 Å². The second-order valence-corrected chi connectivity index (χ2v) is 6.06. The van der Waals surface area contributed by atoms with E-state index in [1.54, 1.807) is 12.1 Å². The Hall–Kier alpha value is -1.95. The summed E-state index contributed by atoms with van der Waals surface area (Å²) in [5.74, 6) is 0.236. The van der Waals surface area contributed by atoms with Crippen LogP contribution in [0.4, 0.5) is 11.4 Å². The van der Waals surface area contributed by atoms with E-state index in [9.17, 15) is 14.9 Å². The Bertz CT molecular complexity index is 571. The van der Waals surface area contributed by atoms with Gasteiger partial charge in [-0.2, -0.15) is 0 Å². The number of anilines is 1. The Morgan fingerprint density at radius 2 is 2.18 bits per heavy atom. The number of nitro benzene ring substituents is 1. The van der Waals surface area contributed by atoms with Crippen LogP contribution in [0.15, 0.2) is 18.2 Å². The predicted octanol–water partition coefficient (Wildman–Crippen LogP) is 3.41. The highest BCUT2D eigenvalue weighted by Crippen LogP contribution is 2.29. The first-order chi connectivity index (χ1) is 10.4. The summed E-state index contributed by atoms with van der Waals surface area (Å²) < 4.78 is 5.72. The lowest BCUT2D eigenvalue weighted by atomic mass is 9.95. The minimum atomic E-state index is -0.450. The van der Waals surface area contributed by atoms with Gasteiger partial charge in [0.15, 0.2) is 5.78 Å². The number of nitrogens with one attached hydrogen (secondary N) is 1. The average molecular weight is 306 g/mol. The van der Waals surface area contributed by atoms with E-state index in [2.05, 4.69) is 19.2 Å². The van der Waals surface area contributed by atoms with Gasteiger partial charge in [0.25, 0.3) is 5.69 Å². The minimum Gasteiger partial charge on any atom is -0.378 e. The number of Topliss-reactive ketones (excluding diaryl/α,β-unsaturated/α-hetero) is 1. The molecule has 2 atom stereocenters. The van der Waals surface area contributed by atoms with Crippen LogP contribution in [0.3, 0.4) is 0 Å². The fourth-order valence-electron chi connectivity index (χ4n) is 2.67. The largest absolute Gasteiger partial charge is 0.378 e. The summed E-state index contributed by atoms with van der Waals surface area (Å²) >= 11 is 0. The van der Waals surface area contributed by atoms with E-state index in [1.165, 1.54) is 13.0 Å². The minimum absolute atomic E-state index is 0.0553. The number of ketones is 1. The molecular formula is C16H22N2O4. The predicted molar refractivity (Wildman–Crippen MR) is 84.3 cm³/mol. The summed E-state index contributed by atoms with van der Waals surface area (Å²) in [6.45, 7) is 6.27. The molecule has 0 unspecified atom stereocenters. The molecule has 120 valence electrons. The fourth-order valence-corrected chi connectivity index (χ4v) is 2.67. The molecule has 1 aromatic carbocycles. The molecule has 6 heteroatoms. The number of nitrogens with zero attached hydrogens (tertiary/aromatic N) is 1. The van der Waals surface area contributed by atoms with Crippen LogP contribution in [0, 0.1) is 16.0 Å². The smallest absolute Gasteiger partial charge is 0.293 e. The van der Waals surface area contributed by atoms with Crippen LogP contribution in [0.5, 0.6) is 0 Å². The topological polar surface area (TPSA) is 81.5 Å². The standard InChI is InChI=1S/C16H22N2O4/c1-10(2)16-9-13(6-7-22-16)17-14-5-4-12(11(3)19)8-15(14)18(20)21/h4-5,8,10,13,16-17H,6-7,9H2,1-3H3/t13-,16-/m0/s1. The molecule has 22 heavy (non-hydrogen) atoms.